The molecule has 1 aliphatic heterocycles. The van der Waals surface area contributed by atoms with Crippen molar-refractivity contribution >= 4 is 44.9 Å². The Hall–Kier alpha value is -1.76. The van der Waals surface area contributed by atoms with E-state index in [-0.39, 0.29) is 27.6 Å². The molecule has 1 atom stereocenters. The molecular formula is C17H15Cl2NO4S. The normalized spacial score (nSPS) is 16.6. The lowest BCUT2D eigenvalue weighted by atomic mass is 10.1. The largest absolute Gasteiger partial charge is 0.377 e. The van der Waals surface area contributed by atoms with E-state index < -0.39 is 10.1 Å². The van der Waals surface area contributed by atoms with Gasteiger partial charge in [0.25, 0.3) is 0 Å². The van der Waals surface area contributed by atoms with E-state index in [2.05, 4.69) is 0 Å². The minimum Gasteiger partial charge on any atom is -0.377 e. The Labute approximate surface area is 156 Å². The Morgan fingerprint density at radius 3 is 2.56 bits per heavy atom. The molecule has 0 bridgehead atoms. The van der Waals surface area contributed by atoms with E-state index in [0.29, 0.717) is 11.4 Å². The van der Waals surface area contributed by atoms with E-state index in [1.165, 1.54) is 37.3 Å². The minimum absolute atomic E-state index is 0.00490. The smallest absolute Gasteiger partial charge is 0.339 e. The number of amides is 1. The van der Waals surface area contributed by atoms with Crippen LogP contribution in [0.25, 0.3) is 0 Å². The number of carbonyl (C=O) groups is 1. The number of anilines is 1. The van der Waals surface area contributed by atoms with Crippen molar-refractivity contribution in [3.05, 3.63) is 52.0 Å². The molecule has 0 spiro atoms. The Morgan fingerprint density at radius 2 is 1.92 bits per heavy atom. The van der Waals surface area contributed by atoms with Gasteiger partial charge in [0, 0.05) is 23.7 Å². The molecule has 132 valence electrons. The maximum atomic E-state index is 12.5. The van der Waals surface area contributed by atoms with Crippen molar-refractivity contribution < 1.29 is 17.4 Å². The summed E-state index contributed by atoms with van der Waals surface area (Å²) in [6.45, 7) is 3.40. The molecule has 0 saturated heterocycles. The number of hydrogen-bond acceptors (Lipinski definition) is 4. The zero-order chi connectivity index (χ0) is 18.4. The maximum absolute atomic E-state index is 12.5. The molecule has 0 aromatic heterocycles. The van der Waals surface area contributed by atoms with Crippen LogP contribution in [-0.2, 0) is 21.3 Å². The standard InChI is InChI=1S/C17H15Cl2NO4S/c1-10-7-12-8-14(4-5-16(12)20(10)11(2)21)25(22,23)24-17-6-3-13(18)9-15(17)19/h3-6,8-10H,7H2,1-2H3. The lowest BCUT2D eigenvalue weighted by Crippen LogP contribution is -2.33. The fourth-order valence-corrected chi connectivity index (χ4v) is 4.44. The van der Waals surface area contributed by atoms with Crippen LogP contribution in [0.1, 0.15) is 19.4 Å². The maximum Gasteiger partial charge on any atom is 0.339 e. The minimum atomic E-state index is -4.06. The molecule has 3 rings (SSSR count). The molecule has 0 radical (unpaired) electrons. The molecule has 2 aromatic carbocycles. The van der Waals surface area contributed by atoms with E-state index in [1.807, 2.05) is 6.92 Å². The second-order valence-electron chi connectivity index (χ2n) is 5.84. The van der Waals surface area contributed by atoms with Crippen molar-refractivity contribution in [3.8, 4) is 5.75 Å². The predicted molar refractivity (Wildman–Crippen MR) is 97.0 cm³/mol. The molecule has 0 aliphatic carbocycles. The fraction of sp³-hybridized carbons (Fsp3) is 0.235. The molecule has 8 heteroatoms. The van der Waals surface area contributed by atoms with E-state index in [1.54, 1.807) is 11.0 Å². The van der Waals surface area contributed by atoms with Gasteiger partial charge < -0.3 is 9.08 Å². The summed E-state index contributed by atoms with van der Waals surface area (Å²) in [6.07, 6.45) is 0.583. The monoisotopic (exact) mass is 399 g/mol. The van der Waals surface area contributed by atoms with Gasteiger partial charge in [-0.25, -0.2) is 0 Å². The van der Waals surface area contributed by atoms with Gasteiger partial charge in [-0.2, -0.15) is 8.42 Å². The SMILES string of the molecule is CC(=O)N1c2ccc(S(=O)(=O)Oc3ccc(Cl)cc3Cl)cc2CC1C. The lowest BCUT2D eigenvalue weighted by molar-refractivity contribution is -0.116. The quantitative estimate of drug-likeness (QED) is 0.729. The zero-order valence-corrected chi connectivity index (χ0v) is 15.8. The van der Waals surface area contributed by atoms with Crippen LogP contribution in [0.3, 0.4) is 0 Å². The summed E-state index contributed by atoms with van der Waals surface area (Å²) in [5.74, 6) is -0.0728. The summed E-state index contributed by atoms with van der Waals surface area (Å²) in [7, 11) is -4.06. The highest BCUT2D eigenvalue weighted by molar-refractivity contribution is 7.87. The van der Waals surface area contributed by atoms with Gasteiger partial charge in [-0.1, -0.05) is 23.2 Å². The average molecular weight is 400 g/mol. The highest BCUT2D eigenvalue weighted by Crippen LogP contribution is 2.35. The van der Waals surface area contributed by atoms with E-state index >= 15 is 0 Å². The number of nitrogens with zero attached hydrogens (tertiary/aromatic N) is 1. The number of halogens is 2. The molecular weight excluding hydrogens is 385 g/mol. The van der Waals surface area contributed by atoms with Crippen LogP contribution < -0.4 is 9.08 Å². The van der Waals surface area contributed by atoms with Gasteiger partial charge in [0.2, 0.25) is 5.91 Å². The molecule has 25 heavy (non-hydrogen) atoms. The van der Waals surface area contributed by atoms with Crippen molar-refractivity contribution in [2.75, 3.05) is 4.90 Å². The van der Waals surface area contributed by atoms with Gasteiger partial charge in [0.1, 0.15) is 4.90 Å². The van der Waals surface area contributed by atoms with Crippen molar-refractivity contribution in [3.63, 3.8) is 0 Å². The number of rotatable bonds is 3. The number of carbonyl (C=O) groups excluding carboxylic acids is 1. The van der Waals surface area contributed by atoms with Gasteiger partial charge >= 0.3 is 10.1 Å². The van der Waals surface area contributed by atoms with Crippen LogP contribution in [0, 0.1) is 0 Å². The summed E-state index contributed by atoms with van der Waals surface area (Å²) < 4.78 is 30.2. The van der Waals surface area contributed by atoms with Crippen molar-refractivity contribution in [2.24, 2.45) is 0 Å². The first-order valence-electron chi connectivity index (χ1n) is 7.51. The second kappa shape index (κ2) is 6.52. The second-order valence-corrected chi connectivity index (χ2v) is 8.23. The highest BCUT2D eigenvalue weighted by Gasteiger charge is 2.30. The van der Waals surface area contributed by atoms with Crippen molar-refractivity contribution in [1.29, 1.82) is 0 Å². The number of hydrogen-bond donors (Lipinski definition) is 0. The highest BCUT2D eigenvalue weighted by atomic mass is 35.5. The van der Waals surface area contributed by atoms with E-state index in [0.717, 1.165) is 11.3 Å². The van der Waals surface area contributed by atoms with E-state index in [9.17, 15) is 13.2 Å². The van der Waals surface area contributed by atoms with Crippen LogP contribution in [0.5, 0.6) is 5.75 Å². The van der Waals surface area contributed by atoms with Gasteiger partial charge in [-0.15, -0.1) is 0 Å². The third-order valence-electron chi connectivity index (χ3n) is 3.99. The third-order valence-corrected chi connectivity index (χ3v) is 5.75. The lowest BCUT2D eigenvalue weighted by Gasteiger charge is -2.20. The van der Waals surface area contributed by atoms with Crippen LogP contribution in [0.15, 0.2) is 41.3 Å². The van der Waals surface area contributed by atoms with Crippen molar-refractivity contribution in [1.82, 2.24) is 0 Å². The van der Waals surface area contributed by atoms with Crippen LogP contribution in [0.2, 0.25) is 10.0 Å². The summed E-state index contributed by atoms with van der Waals surface area (Å²) in [5, 5.41) is 0.485. The number of benzene rings is 2. The first kappa shape index (κ1) is 18.0. The molecule has 0 N–H and O–H groups in total. The molecule has 0 saturated carbocycles. The van der Waals surface area contributed by atoms with Gasteiger partial charge in [0.15, 0.2) is 5.75 Å². The van der Waals surface area contributed by atoms with Gasteiger partial charge in [-0.3, -0.25) is 4.79 Å². The molecule has 5 nitrogen and oxygen atoms in total. The predicted octanol–water partition coefficient (Wildman–Crippen LogP) is 4.06. The Bertz CT molecular complexity index is 959. The number of fused-ring (bicyclic) bond motifs is 1. The van der Waals surface area contributed by atoms with Crippen LogP contribution in [-0.4, -0.2) is 20.4 Å². The van der Waals surface area contributed by atoms with Gasteiger partial charge in [0.05, 0.1) is 5.02 Å². The molecule has 0 fully saturated rings. The molecule has 2 aromatic rings. The third kappa shape index (κ3) is 3.47. The van der Waals surface area contributed by atoms with Gasteiger partial charge in [-0.05, 0) is 55.3 Å². The average Bonchev–Trinajstić information content (AvgIpc) is 2.85. The molecule has 1 heterocycles. The van der Waals surface area contributed by atoms with E-state index in [4.69, 9.17) is 27.4 Å². The summed E-state index contributed by atoms with van der Waals surface area (Å²) in [4.78, 5) is 13.4. The van der Waals surface area contributed by atoms with Crippen LogP contribution in [0.4, 0.5) is 5.69 Å². The molecule has 1 aliphatic rings. The molecule has 1 amide bonds. The first-order chi connectivity index (χ1) is 11.7. The topological polar surface area (TPSA) is 63.7 Å². The van der Waals surface area contributed by atoms with Crippen LogP contribution >= 0.6 is 23.2 Å². The summed E-state index contributed by atoms with van der Waals surface area (Å²) >= 11 is 11.8. The Kier molecular flexibility index (Phi) is 4.70. The molecule has 1 unspecified atom stereocenters. The Morgan fingerprint density at radius 1 is 1.20 bits per heavy atom. The Balaban J connectivity index is 1.94. The summed E-state index contributed by atoms with van der Waals surface area (Å²) in [5.41, 5.74) is 1.51. The van der Waals surface area contributed by atoms with Crippen molar-refractivity contribution in [2.45, 2.75) is 31.2 Å². The fourth-order valence-electron chi connectivity index (χ4n) is 2.95. The zero-order valence-electron chi connectivity index (χ0n) is 13.5. The first-order valence-corrected chi connectivity index (χ1v) is 9.68. The summed E-state index contributed by atoms with van der Waals surface area (Å²) in [6, 6.07) is 8.86.